The summed E-state index contributed by atoms with van der Waals surface area (Å²) in [6.07, 6.45) is 0.857. The van der Waals surface area contributed by atoms with Crippen LogP contribution >= 0.6 is 27.3 Å². The fraction of sp³-hybridized carbons (Fsp3) is 0.286. The van der Waals surface area contributed by atoms with Crippen LogP contribution in [0, 0.1) is 6.92 Å². The second-order valence-corrected chi connectivity index (χ2v) is 6.46. The molecule has 2 N–H and O–H groups in total. The quantitative estimate of drug-likeness (QED) is 0.902. The standard InChI is InChI=1S/C14H16BrNS/c1-10-5-3-4-6-11(10)14(2,16)9-13-12(15)7-8-17-13/h3-8H,9,16H2,1-2H3. The zero-order valence-corrected chi connectivity index (χ0v) is 12.4. The number of aryl methyl sites for hydroxylation is 1. The third-order valence-electron chi connectivity index (χ3n) is 2.98. The first kappa shape index (κ1) is 12.8. The molecule has 1 nitrogen and oxygen atoms in total. The van der Waals surface area contributed by atoms with Gasteiger partial charge in [-0.3, -0.25) is 0 Å². The van der Waals surface area contributed by atoms with Crippen molar-refractivity contribution >= 4 is 27.3 Å². The Kier molecular flexibility index (Phi) is 3.71. The van der Waals surface area contributed by atoms with Gasteiger partial charge in [-0.25, -0.2) is 0 Å². The average Bonchev–Trinajstić information content (AvgIpc) is 2.64. The van der Waals surface area contributed by atoms with E-state index in [2.05, 4.69) is 65.5 Å². The van der Waals surface area contributed by atoms with E-state index in [9.17, 15) is 0 Å². The maximum atomic E-state index is 6.48. The number of rotatable bonds is 3. The largest absolute Gasteiger partial charge is 0.321 e. The van der Waals surface area contributed by atoms with Gasteiger partial charge in [-0.15, -0.1) is 11.3 Å². The molecule has 1 aromatic carbocycles. The molecule has 90 valence electrons. The van der Waals surface area contributed by atoms with Gasteiger partial charge in [-0.05, 0) is 52.4 Å². The van der Waals surface area contributed by atoms with Crippen molar-refractivity contribution in [1.29, 1.82) is 0 Å². The summed E-state index contributed by atoms with van der Waals surface area (Å²) < 4.78 is 1.16. The number of hydrogen-bond donors (Lipinski definition) is 1. The lowest BCUT2D eigenvalue weighted by molar-refractivity contribution is 0.492. The monoisotopic (exact) mass is 309 g/mol. The van der Waals surface area contributed by atoms with E-state index in [0.717, 1.165) is 10.9 Å². The van der Waals surface area contributed by atoms with Crippen LogP contribution in [0.25, 0.3) is 0 Å². The van der Waals surface area contributed by atoms with Crippen LogP contribution in [0.5, 0.6) is 0 Å². The number of halogens is 1. The van der Waals surface area contributed by atoms with Crippen LogP contribution < -0.4 is 5.73 Å². The van der Waals surface area contributed by atoms with E-state index in [4.69, 9.17) is 5.73 Å². The lowest BCUT2D eigenvalue weighted by Crippen LogP contribution is -2.36. The Hall–Kier alpha value is -0.640. The van der Waals surface area contributed by atoms with Crippen molar-refractivity contribution in [3.05, 3.63) is 56.2 Å². The highest BCUT2D eigenvalue weighted by Crippen LogP contribution is 2.31. The van der Waals surface area contributed by atoms with Crippen molar-refractivity contribution in [2.45, 2.75) is 25.8 Å². The Balaban J connectivity index is 2.31. The minimum Gasteiger partial charge on any atom is -0.321 e. The minimum absolute atomic E-state index is 0.321. The van der Waals surface area contributed by atoms with Crippen molar-refractivity contribution in [3.63, 3.8) is 0 Å². The van der Waals surface area contributed by atoms with Gasteiger partial charge >= 0.3 is 0 Å². The van der Waals surface area contributed by atoms with E-state index in [-0.39, 0.29) is 5.54 Å². The maximum absolute atomic E-state index is 6.48. The first-order valence-electron chi connectivity index (χ1n) is 5.57. The number of nitrogens with two attached hydrogens (primary N) is 1. The molecule has 17 heavy (non-hydrogen) atoms. The molecule has 2 rings (SSSR count). The number of benzene rings is 1. The highest BCUT2D eigenvalue weighted by molar-refractivity contribution is 9.10. The topological polar surface area (TPSA) is 26.0 Å². The molecule has 0 saturated heterocycles. The van der Waals surface area contributed by atoms with Crippen LogP contribution in [0.3, 0.4) is 0 Å². The second-order valence-electron chi connectivity index (χ2n) is 4.60. The van der Waals surface area contributed by atoms with Gasteiger partial charge in [-0.2, -0.15) is 0 Å². The van der Waals surface area contributed by atoms with Gasteiger partial charge < -0.3 is 5.73 Å². The molecule has 0 amide bonds. The first-order chi connectivity index (χ1) is 8.00. The van der Waals surface area contributed by atoms with Crippen molar-refractivity contribution in [2.24, 2.45) is 5.73 Å². The summed E-state index contributed by atoms with van der Waals surface area (Å²) in [6, 6.07) is 10.4. The molecular formula is C14H16BrNS. The van der Waals surface area contributed by atoms with Crippen LogP contribution in [-0.2, 0) is 12.0 Å². The average molecular weight is 310 g/mol. The highest BCUT2D eigenvalue weighted by Gasteiger charge is 2.24. The Bertz CT molecular complexity index is 516. The van der Waals surface area contributed by atoms with E-state index in [1.165, 1.54) is 16.0 Å². The molecule has 0 fully saturated rings. The molecule has 3 heteroatoms. The van der Waals surface area contributed by atoms with Crippen LogP contribution in [0.2, 0.25) is 0 Å². The van der Waals surface area contributed by atoms with Gasteiger partial charge in [0.15, 0.2) is 0 Å². The van der Waals surface area contributed by atoms with Crippen molar-refractivity contribution in [1.82, 2.24) is 0 Å². The Morgan fingerprint density at radius 1 is 1.29 bits per heavy atom. The van der Waals surface area contributed by atoms with E-state index < -0.39 is 0 Å². The zero-order chi connectivity index (χ0) is 12.5. The summed E-state index contributed by atoms with van der Waals surface area (Å²) >= 11 is 5.31. The van der Waals surface area contributed by atoms with E-state index in [1.54, 1.807) is 11.3 Å². The molecule has 0 bridgehead atoms. The third kappa shape index (κ3) is 2.79. The molecule has 0 radical (unpaired) electrons. The Morgan fingerprint density at radius 2 is 2.00 bits per heavy atom. The number of thiophene rings is 1. The summed E-state index contributed by atoms with van der Waals surface area (Å²) in [4.78, 5) is 1.30. The highest BCUT2D eigenvalue weighted by atomic mass is 79.9. The number of hydrogen-bond acceptors (Lipinski definition) is 2. The molecule has 0 aliphatic carbocycles. The van der Waals surface area contributed by atoms with E-state index in [0.29, 0.717) is 0 Å². The summed E-state index contributed by atoms with van der Waals surface area (Å²) in [5, 5.41) is 2.09. The molecular weight excluding hydrogens is 294 g/mol. The van der Waals surface area contributed by atoms with E-state index in [1.807, 2.05) is 0 Å². The SMILES string of the molecule is Cc1ccccc1C(C)(N)Cc1sccc1Br. The lowest BCUT2D eigenvalue weighted by atomic mass is 9.86. The van der Waals surface area contributed by atoms with Gasteiger partial charge in [0.1, 0.15) is 0 Å². The molecule has 0 spiro atoms. The molecule has 0 aliphatic heterocycles. The molecule has 1 heterocycles. The first-order valence-corrected chi connectivity index (χ1v) is 7.25. The van der Waals surface area contributed by atoms with Gasteiger partial charge in [0.05, 0.1) is 0 Å². The zero-order valence-electron chi connectivity index (χ0n) is 10.0. The predicted molar refractivity (Wildman–Crippen MR) is 78.4 cm³/mol. The lowest BCUT2D eigenvalue weighted by Gasteiger charge is -2.26. The Morgan fingerprint density at radius 3 is 2.59 bits per heavy atom. The van der Waals surface area contributed by atoms with Crippen molar-refractivity contribution in [3.8, 4) is 0 Å². The summed E-state index contributed by atoms with van der Waals surface area (Å²) in [7, 11) is 0. The molecule has 0 saturated carbocycles. The van der Waals surface area contributed by atoms with Crippen LogP contribution in [0.1, 0.15) is 22.9 Å². The minimum atomic E-state index is -0.321. The molecule has 1 unspecified atom stereocenters. The van der Waals surface area contributed by atoms with Gasteiger partial charge in [0.25, 0.3) is 0 Å². The smallest absolute Gasteiger partial charge is 0.0432 e. The summed E-state index contributed by atoms with van der Waals surface area (Å²) in [5.41, 5.74) is 8.64. The fourth-order valence-electron chi connectivity index (χ4n) is 2.09. The normalized spacial score (nSPS) is 14.6. The fourth-order valence-corrected chi connectivity index (χ4v) is 3.75. The van der Waals surface area contributed by atoms with Crippen LogP contribution in [0.4, 0.5) is 0 Å². The van der Waals surface area contributed by atoms with Gasteiger partial charge in [0, 0.05) is 21.3 Å². The molecule has 0 aliphatic rings. The van der Waals surface area contributed by atoms with Crippen molar-refractivity contribution in [2.75, 3.05) is 0 Å². The predicted octanol–water partition coefficient (Wildman–Crippen LogP) is 4.24. The van der Waals surface area contributed by atoms with Gasteiger partial charge in [0.2, 0.25) is 0 Å². The van der Waals surface area contributed by atoms with Crippen LogP contribution in [-0.4, -0.2) is 0 Å². The Labute approximate surface area is 115 Å². The second kappa shape index (κ2) is 4.92. The summed E-state index contributed by atoms with van der Waals surface area (Å²) in [6.45, 7) is 4.21. The molecule has 1 atom stereocenters. The molecule has 1 aromatic heterocycles. The third-order valence-corrected chi connectivity index (χ3v) is 4.91. The molecule has 2 aromatic rings. The maximum Gasteiger partial charge on any atom is 0.0432 e. The van der Waals surface area contributed by atoms with Crippen molar-refractivity contribution < 1.29 is 0 Å². The van der Waals surface area contributed by atoms with E-state index >= 15 is 0 Å². The van der Waals surface area contributed by atoms with Gasteiger partial charge in [-0.1, -0.05) is 24.3 Å². The summed E-state index contributed by atoms with van der Waals surface area (Å²) in [5.74, 6) is 0. The van der Waals surface area contributed by atoms with Crippen LogP contribution in [0.15, 0.2) is 40.2 Å².